The first kappa shape index (κ1) is 32.8. The Labute approximate surface area is 338 Å². The number of furan rings is 1. The predicted molar refractivity (Wildman–Crippen MR) is 247 cm³/mol. The Hall–Kier alpha value is -7.40. The summed E-state index contributed by atoms with van der Waals surface area (Å²) >= 11 is 1.87. The second kappa shape index (κ2) is 13.1. The molecule has 0 radical (unpaired) electrons. The maximum absolute atomic E-state index is 6.35. The number of anilines is 3. The van der Waals surface area contributed by atoms with Gasteiger partial charge in [-0.25, -0.2) is 0 Å². The number of aromatic nitrogens is 1. The maximum atomic E-state index is 6.35. The highest BCUT2D eigenvalue weighted by molar-refractivity contribution is 7.26. The molecule has 0 aliphatic carbocycles. The fourth-order valence-electron chi connectivity index (χ4n) is 8.88. The van der Waals surface area contributed by atoms with E-state index in [9.17, 15) is 0 Å². The van der Waals surface area contributed by atoms with E-state index in [1.807, 2.05) is 23.5 Å². The minimum atomic E-state index is 0.876. The third-order valence-corrected chi connectivity index (χ3v) is 12.8. The summed E-state index contributed by atoms with van der Waals surface area (Å²) in [6, 6.07) is 74.4. The Bertz CT molecular complexity index is 3500. The maximum Gasteiger partial charge on any atom is 0.137 e. The van der Waals surface area contributed by atoms with Crippen molar-refractivity contribution in [1.29, 1.82) is 0 Å². The molecule has 9 aromatic carbocycles. The summed E-state index contributed by atoms with van der Waals surface area (Å²) in [4.78, 5) is 2.31. The van der Waals surface area contributed by atoms with Crippen LogP contribution in [-0.4, -0.2) is 4.57 Å². The summed E-state index contributed by atoms with van der Waals surface area (Å²) in [6.45, 7) is 0. The van der Waals surface area contributed by atoms with Crippen LogP contribution in [0.4, 0.5) is 17.1 Å². The van der Waals surface area contributed by atoms with E-state index in [-0.39, 0.29) is 0 Å². The van der Waals surface area contributed by atoms with E-state index in [4.69, 9.17) is 4.42 Å². The van der Waals surface area contributed by atoms with Gasteiger partial charge in [-0.15, -0.1) is 11.3 Å². The van der Waals surface area contributed by atoms with Crippen molar-refractivity contribution in [3.05, 3.63) is 206 Å². The van der Waals surface area contributed by atoms with Gasteiger partial charge in [0, 0.05) is 76.1 Å². The van der Waals surface area contributed by atoms with Gasteiger partial charge in [0.1, 0.15) is 11.2 Å². The molecule has 0 spiro atoms. The van der Waals surface area contributed by atoms with Crippen molar-refractivity contribution < 1.29 is 4.42 Å². The van der Waals surface area contributed by atoms with E-state index in [0.29, 0.717) is 0 Å². The molecular formula is C54H34N2OS. The lowest BCUT2D eigenvalue weighted by molar-refractivity contribution is 0.669. The third kappa shape index (κ3) is 5.19. The Kier molecular flexibility index (Phi) is 7.40. The van der Waals surface area contributed by atoms with Crippen LogP contribution in [0.3, 0.4) is 0 Å². The average molecular weight is 759 g/mol. The summed E-state index contributed by atoms with van der Waals surface area (Å²) < 4.78 is 11.4. The largest absolute Gasteiger partial charge is 0.456 e. The predicted octanol–water partition coefficient (Wildman–Crippen LogP) is 15.9. The van der Waals surface area contributed by atoms with Crippen molar-refractivity contribution >= 4 is 92.3 Å². The molecule has 0 saturated heterocycles. The van der Waals surface area contributed by atoms with Crippen molar-refractivity contribution in [1.82, 2.24) is 4.57 Å². The van der Waals surface area contributed by atoms with Crippen LogP contribution >= 0.6 is 11.3 Å². The molecule has 0 amide bonds. The summed E-state index contributed by atoms with van der Waals surface area (Å²) in [6.07, 6.45) is 0. The van der Waals surface area contributed by atoms with Gasteiger partial charge >= 0.3 is 0 Å². The number of thiophene rings is 1. The molecule has 3 aromatic heterocycles. The van der Waals surface area contributed by atoms with Crippen LogP contribution in [0.2, 0.25) is 0 Å². The van der Waals surface area contributed by atoms with Crippen molar-refractivity contribution in [2.75, 3.05) is 4.90 Å². The first-order chi connectivity index (χ1) is 28.7. The lowest BCUT2D eigenvalue weighted by atomic mass is 10.0. The molecule has 0 aliphatic heterocycles. The molecule has 0 atom stereocenters. The van der Waals surface area contributed by atoms with Crippen molar-refractivity contribution in [2.24, 2.45) is 0 Å². The molecule has 0 N–H and O–H groups in total. The van der Waals surface area contributed by atoms with Gasteiger partial charge in [-0.3, -0.25) is 0 Å². The molecule has 4 heteroatoms. The van der Waals surface area contributed by atoms with Crippen LogP contribution in [-0.2, 0) is 0 Å². The first-order valence-electron chi connectivity index (χ1n) is 19.7. The molecule has 12 aromatic rings. The average Bonchev–Trinajstić information content (AvgIpc) is 3.96. The summed E-state index contributed by atoms with van der Waals surface area (Å²) in [5, 5.41) is 7.31. The Balaban J connectivity index is 1.03. The molecule has 0 bridgehead atoms. The number of benzene rings is 9. The number of hydrogen-bond donors (Lipinski definition) is 0. The molecule has 58 heavy (non-hydrogen) atoms. The Morgan fingerprint density at radius 1 is 0.379 bits per heavy atom. The molecule has 3 nitrogen and oxygen atoms in total. The van der Waals surface area contributed by atoms with E-state index < -0.39 is 0 Å². The zero-order valence-electron chi connectivity index (χ0n) is 31.3. The van der Waals surface area contributed by atoms with Crippen LogP contribution < -0.4 is 4.90 Å². The summed E-state index contributed by atoms with van der Waals surface area (Å²) in [5.41, 5.74) is 13.4. The molecule has 3 heterocycles. The van der Waals surface area contributed by atoms with E-state index in [2.05, 4.69) is 204 Å². The quantitative estimate of drug-likeness (QED) is 0.168. The molecule has 12 rings (SSSR count). The zero-order chi connectivity index (χ0) is 38.2. The van der Waals surface area contributed by atoms with Crippen LogP contribution in [0, 0.1) is 0 Å². The van der Waals surface area contributed by atoms with Crippen LogP contribution in [0.5, 0.6) is 0 Å². The fraction of sp³-hybridized carbons (Fsp3) is 0. The highest BCUT2D eigenvalue weighted by atomic mass is 32.1. The van der Waals surface area contributed by atoms with E-state index in [1.54, 1.807) is 0 Å². The second-order valence-electron chi connectivity index (χ2n) is 14.9. The van der Waals surface area contributed by atoms with Gasteiger partial charge in [0.2, 0.25) is 0 Å². The number of nitrogens with zero attached hydrogens (tertiary/aromatic N) is 2. The summed E-state index contributed by atoms with van der Waals surface area (Å²) in [7, 11) is 0. The van der Waals surface area contributed by atoms with Crippen LogP contribution in [0.25, 0.3) is 91.9 Å². The number of hydrogen-bond acceptors (Lipinski definition) is 3. The minimum absolute atomic E-state index is 0.876. The number of para-hydroxylation sites is 3. The van der Waals surface area contributed by atoms with Gasteiger partial charge in [-0.05, 0) is 95.6 Å². The Morgan fingerprint density at radius 2 is 1.02 bits per heavy atom. The molecular weight excluding hydrogens is 725 g/mol. The summed E-state index contributed by atoms with van der Waals surface area (Å²) in [5.74, 6) is 0. The normalized spacial score (nSPS) is 11.8. The Morgan fingerprint density at radius 3 is 1.86 bits per heavy atom. The van der Waals surface area contributed by atoms with Gasteiger partial charge in [0.25, 0.3) is 0 Å². The number of rotatable bonds is 6. The molecule has 272 valence electrons. The van der Waals surface area contributed by atoms with E-state index >= 15 is 0 Å². The van der Waals surface area contributed by atoms with E-state index in [0.717, 1.165) is 44.7 Å². The molecule has 0 saturated carbocycles. The fourth-order valence-corrected chi connectivity index (χ4v) is 10.1. The lowest BCUT2D eigenvalue weighted by Gasteiger charge is -2.25. The molecule has 0 unspecified atom stereocenters. The standard InChI is InChI=1S/C54H34N2OS/c1-3-13-35(14-4-1)37-25-30-50-47(31-37)42-17-7-10-20-49(42)56(50)41-32-46(54-48(33-41)45-19-9-12-22-53(45)58-54)36-23-26-39(27-24-36)55(38-15-5-2-6-16-38)40-28-29-44-43-18-8-11-21-51(43)57-52(44)34-40/h1-34H. The van der Waals surface area contributed by atoms with Crippen LogP contribution in [0.15, 0.2) is 211 Å². The minimum Gasteiger partial charge on any atom is -0.456 e. The smallest absolute Gasteiger partial charge is 0.137 e. The van der Waals surface area contributed by atoms with Gasteiger partial charge in [0.15, 0.2) is 0 Å². The highest BCUT2D eigenvalue weighted by Crippen LogP contribution is 2.45. The van der Waals surface area contributed by atoms with E-state index in [1.165, 1.54) is 64.2 Å². The van der Waals surface area contributed by atoms with Gasteiger partial charge in [0.05, 0.1) is 11.0 Å². The zero-order valence-corrected chi connectivity index (χ0v) is 32.2. The van der Waals surface area contributed by atoms with Crippen molar-refractivity contribution in [3.63, 3.8) is 0 Å². The van der Waals surface area contributed by atoms with Crippen LogP contribution in [0.1, 0.15) is 0 Å². The van der Waals surface area contributed by atoms with Gasteiger partial charge in [-0.2, -0.15) is 0 Å². The third-order valence-electron chi connectivity index (χ3n) is 11.6. The van der Waals surface area contributed by atoms with Crippen molar-refractivity contribution in [2.45, 2.75) is 0 Å². The van der Waals surface area contributed by atoms with Gasteiger partial charge < -0.3 is 13.9 Å². The second-order valence-corrected chi connectivity index (χ2v) is 16.0. The molecule has 0 aliphatic rings. The SMILES string of the molecule is c1ccc(-c2ccc3c(c2)c2ccccc2n3-c2cc(-c3ccc(N(c4ccccc4)c4ccc5c(c4)oc4ccccc45)cc3)c3sc4ccccc4c3c2)cc1. The van der Waals surface area contributed by atoms with Crippen molar-refractivity contribution in [3.8, 4) is 27.9 Å². The van der Waals surface area contributed by atoms with Gasteiger partial charge in [-0.1, -0.05) is 121 Å². The molecule has 0 fully saturated rings. The highest BCUT2D eigenvalue weighted by Gasteiger charge is 2.20. The monoisotopic (exact) mass is 758 g/mol. The lowest BCUT2D eigenvalue weighted by Crippen LogP contribution is -2.09. The first-order valence-corrected chi connectivity index (χ1v) is 20.5. The number of fused-ring (bicyclic) bond motifs is 9. The topological polar surface area (TPSA) is 21.3 Å².